The van der Waals surface area contributed by atoms with Gasteiger partial charge in [-0.05, 0) is 54.7 Å². The molecule has 0 saturated carbocycles. The van der Waals surface area contributed by atoms with E-state index in [-0.39, 0.29) is 17.8 Å². The minimum absolute atomic E-state index is 0.0243. The summed E-state index contributed by atoms with van der Waals surface area (Å²) in [5.74, 6) is -0.248. The van der Waals surface area contributed by atoms with Gasteiger partial charge in [0.2, 0.25) is 5.91 Å². The van der Waals surface area contributed by atoms with E-state index in [4.69, 9.17) is 0 Å². The van der Waals surface area contributed by atoms with Gasteiger partial charge >= 0.3 is 0 Å². The van der Waals surface area contributed by atoms with Crippen LogP contribution < -0.4 is 5.32 Å². The lowest BCUT2D eigenvalue weighted by molar-refractivity contribution is -0.121. The summed E-state index contributed by atoms with van der Waals surface area (Å²) in [6.45, 7) is 1.84. The van der Waals surface area contributed by atoms with E-state index in [1.807, 2.05) is 13.0 Å². The van der Waals surface area contributed by atoms with Crippen LogP contribution in [0.5, 0.6) is 0 Å². The van der Waals surface area contributed by atoms with Gasteiger partial charge in [-0.25, -0.2) is 4.39 Å². The summed E-state index contributed by atoms with van der Waals surface area (Å²) in [5.41, 5.74) is 4.06. The van der Waals surface area contributed by atoms with E-state index in [1.165, 1.54) is 0 Å². The number of benzene rings is 1. The normalized spacial score (nSPS) is 16.3. The molecule has 0 fully saturated rings. The maximum Gasteiger partial charge on any atom is 0.220 e. The van der Waals surface area contributed by atoms with E-state index >= 15 is 4.39 Å². The van der Waals surface area contributed by atoms with Gasteiger partial charge in [0.25, 0.3) is 0 Å². The second kappa shape index (κ2) is 6.83. The molecule has 0 bridgehead atoms. The number of carbonyl (C=O) groups is 1. The SMILES string of the molecule is CCC(=O)N[C@@H]1CCCc2c(-c3ccc4ncccc4c3F)cncc21. The topological polar surface area (TPSA) is 54.9 Å². The molecule has 1 aromatic carbocycles. The first-order valence-corrected chi connectivity index (χ1v) is 8.98. The predicted molar refractivity (Wildman–Crippen MR) is 99.0 cm³/mol. The number of rotatable bonds is 3. The number of pyridine rings is 2. The largest absolute Gasteiger partial charge is 0.349 e. The summed E-state index contributed by atoms with van der Waals surface area (Å²) in [6, 6.07) is 7.05. The second-order valence-corrected chi connectivity index (χ2v) is 6.62. The van der Waals surface area contributed by atoms with Crippen LogP contribution in [0.25, 0.3) is 22.0 Å². The van der Waals surface area contributed by atoms with Crippen molar-refractivity contribution in [2.45, 2.75) is 38.6 Å². The number of carbonyl (C=O) groups excluding carboxylic acids is 1. The fourth-order valence-corrected chi connectivity index (χ4v) is 3.72. The highest BCUT2D eigenvalue weighted by Gasteiger charge is 2.25. The molecule has 0 aliphatic heterocycles. The van der Waals surface area contributed by atoms with Crippen LogP contribution in [0, 0.1) is 5.82 Å². The van der Waals surface area contributed by atoms with Gasteiger partial charge in [-0.15, -0.1) is 0 Å². The molecule has 0 saturated heterocycles. The highest BCUT2D eigenvalue weighted by molar-refractivity contribution is 5.86. The smallest absolute Gasteiger partial charge is 0.220 e. The van der Waals surface area contributed by atoms with Crippen LogP contribution in [0.4, 0.5) is 4.39 Å². The number of halogens is 1. The summed E-state index contributed by atoms with van der Waals surface area (Å²) < 4.78 is 15.1. The van der Waals surface area contributed by atoms with Crippen molar-refractivity contribution in [3.05, 3.63) is 59.8 Å². The van der Waals surface area contributed by atoms with Crippen molar-refractivity contribution in [3.8, 4) is 11.1 Å². The van der Waals surface area contributed by atoms with Crippen LogP contribution in [0.2, 0.25) is 0 Å². The van der Waals surface area contributed by atoms with Crippen molar-refractivity contribution >= 4 is 16.8 Å². The van der Waals surface area contributed by atoms with Crippen LogP contribution in [-0.4, -0.2) is 15.9 Å². The maximum absolute atomic E-state index is 15.1. The molecule has 1 amide bonds. The number of aromatic nitrogens is 2. The summed E-state index contributed by atoms with van der Waals surface area (Å²) >= 11 is 0. The highest BCUT2D eigenvalue weighted by Crippen LogP contribution is 2.37. The van der Waals surface area contributed by atoms with E-state index in [2.05, 4.69) is 15.3 Å². The lowest BCUT2D eigenvalue weighted by atomic mass is 9.84. The van der Waals surface area contributed by atoms with Crippen molar-refractivity contribution in [2.24, 2.45) is 0 Å². The third-order valence-corrected chi connectivity index (χ3v) is 5.05. The van der Waals surface area contributed by atoms with Gasteiger partial charge < -0.3 is 5.32 Å². The first-order valence-electron chi connectivity index (χ1n) is 8.98. The summed E-state index contributed by atoms with van der Waals surface area (Å²) in [4.78, 5) is 20.4. The minimum Gasteiger partial charge on any atom is -0.349 e. The Hall–Kier alpha value is -2.82. The van der Waals surface area contributed by atoms with E-state index < -0.39 is 0 Å². The molecule has 0 spiro atoms. The zero-order chi connectivity index (χ0) is 18.1. The molecule has 4 rings (SSSR count). The van der Waals surface area contributed by atoms with E-state index in [0.29, 0.717) is 22.9 Å². The molecular weight excluding hydrogens is 329 g/mol. The standard InChI is InChI=1S/C21H20FN3O/c1-2-20(26)25-19-7-3-5-13-16(11-23-12-17(13)19)14-8-9-18-15(21(14)22)6-4-10-24-18/h4,6,8-12,19H,2-3,5,7H2,1H3,(H,25,26)/t19-/m1/s1. The van der Waals surface area contributed by atoms with Gasteiger partial charge in [-0.3, -0.25) is 14.8 Å². The number of amides is 1. The van der Waals surface area contributed by atoms with Gasteiger partial charge in [0.1, 0.15) is 5.82 Å². The highest BCUT2D eigenvalue weighted by atomic mass is 19.1. The maximum atomic E-state index is 15.1. The number of nitrogens with one attached hydrogen (secondary N) is 1. The quantitative estimate of drug-likeness (QED) is 0.765. The zero-order valence-electron chi connectivity index (χ0n) is 14.6. The van der Waals surface area contributed by atoms with Crippen molar-refractivity contribution < 1.29 is 9.18 Å². The van der Waals surface area contributed by atoms with Gasteiger partial charge in [-0.1, -0.05) is 6.92 Å². The molecule has 1 N–H and O–H groups in total. The summed E-state index contributed by atoms with van der Waals surface area (Å²) in [5, 5.41) is 3.57. The van der Waals surface area contributed by atoms with Crippen LogP contribution >= 0.6 is 0 Å². The molecule has 5 heteroatoms. The Labute approximate surface area is 151 Å². The number of hydrogen-bond donors (Lipinski definition) is 1. The Morgan fingerprint density at radius 3 is 3.00 bits per heavy atom. The van der Waals surface area contributed by atoms with Crippen molar-refractivity contribution in [1.82, 2.24) is 15.3 Å². The Balaban J connectivity index is 1.83. The number of nitrogens with zero attached hydrogens (tertiary/aromatic N) is 2. The Morgan fingerprint density at radius 2 is 2.15 bits per heavy atom. The van der Waals surface area contributed by atoms with Crippen molar-refractivity contribution in [3.63, 3.8) is 0 Å². The molecular formula is C21H20FN3O. The van der Waals surface area contributed by atoms with Gasteiger partial charge in [0, 0.05) is 41.5 Å². The number of fused-ring (bicyclic) bond motifs is 2. The Kier molecular flexibility index (Phi) is 4.37. The lowest BCUT2D eigenvalue weighted by Gasteiger charge is -2.27. The van der Waals surface area contributed by atoms with E-state index in [0.717, 1.165) is 36.0 Å². The fraction of sp³-hybridized carbons (Fsp3) is 0.286. The molecule has 0 radical (unpaired) electrons. The Bertz CT molecular complexity index is 986. The van der Waals surface area contributed by atoms with Crippen molar-refractivity contribution in [2.75, 3.05) is 0 Å². The zero-order valence-corrected chi connectivity index (χ0v) is 14.6. The fourth-order valence-electron chi connectivity index (χ4n) is 3.72. The molecule has 1 atom stereocenters. The predicted octanol–water partition coefficient (Wildman–Crippen LogP) is 4.34. The van der Waals surface area contributed by atoms with Gasteiger partial charge in [0.05, 0.1) is 11.6 Å². The average molecular weight is 349 g/mol. The minimum atomic E-state index is -0.273. The summed E-state index contributed by atoms with van der Waals surface area (Å²) in [6.07, 6.45) is 8.34. The third-order valence-electron chi connectivity index (χ3n) is 5.05. The molecule has 132 valence electrons. The van der Waals surface area contributed by atoms with Gasteiger partial charge in [-0.2, -0.15) is 0 Å². The molecule has 3 aromatic rings. The number of hydrogen-bond acceptors (Lipinski definition) is 3. The van der Waals surface area contributed by atoms with Crippen LogP contribution in [0.3, 0.4) is 0 Å². The van der Waals surface area contributed by atoms with Gasteiger partial charge in [0.15, 0.2) is 0 Å². The van der Waals surface area contributed by atoms with Crippen LogP contribution in [0.1, 0.15) is 43.4 Å². The second-order valence-electron chi connectivity index (χ2n) is 6.62. The summed E-state index contributed by atoms with van der Waals surface area (Å²) in [7, 11) is 0. The van der Waals surface area contributed by atoms with E-state index in [9.17, 15) is 4.79 Å². The monoisotopic (exact) mass is 349 g/mol. The first kappa shape index (κ1) is 16.6. The third kappa shape index (κ3) is 2.83. The molecule has 1 aliphatic carbocycles. The Morgan fingerprint density at radius 1 is 1.27 bits per heavy atom. The molecule has 26 heavy (non-hydrogen) atoms. The average Bonchev–Trinajstić information content (AvgIpc) is 2.68. The molecule has 0 unspecified atom stereocenters. The molecule has 4 nitrogen and oxygen atoms in total. The van der Waals surface area contributed by atoms with Crippen LogP contribution in [0.15, 0.2) is 42.9 Å². The first-order chi connectivity index (χ1) is 12.7. The van der Waals surface area contributed by atoms with E-state index in [1.54, 1.807) is 36.8 Å². The molecule has 2 heterocycles. The van der Waals surface area contributed by atoms with Crippen LogP contribution in [-0.2, 0) is 11.2 Å². The van der Waals surface area contributed by atoms with Crippen molar-refractivity contribution in [1.29, 1.82) is 0 Å². The lowest BCUT2D eigenvalue weighted by Crippen LogP contribution is -2.30. The molecule has 1 aliphatic rings. The molecule has 2 aromatic heterocycles.